The van der Waals surface area contributed by atoms with Crippen LogP contribution in [0.1, 0.15) is 18.9 Å². The summed E-state index contributed by atoms with van der Waals surface area (Å²) in [6, 6.07) is 7.89. The molecule has 8 heteroatoms. The van der Waals surface area contributed by atoms with Crippen molar-refractivity contribution in [2.45, 2.75) is 24.1 Å². The molecular weight excluding hydrogens is 368 g/mol. The van der Waals surface area contributed by atoms with Crippen LogP contribution in [0.3, 0.4) is 0 Å². The standard InChI is InChI=1S/C18H20N4O2S2/c1-3-8-25-18-21-20-17(26-18)19-16(24)13-10-15(23)22(11-13)14-7-5-6-12(4-2)9-14/h3,5-7,9,13H,1,4,8,10-11H2,2H3,(H,19,20,24). The van der Waals surface area contributed by atoms with Crippen LogP contribution in [0.2, 0.25) is 0 Å². The molecule has 0 radical (unpaired) electrons. The van der Waals surface area contributed by atoms with Crippen molar-refractivity contribution in [2.24, 2.45) is 5.92 Å². The lowest BCUT2D eigenvalue weighted by atomic mass is 10.1. The van der Waals surface area contributed by atoms with Crippen molar-refractivity contribution < 1.29 is 9.59 Å². The molecule has 6 nitrogen and oxygen atoms in total. The SMILES string of the molecule is C=CCSc1nnc(NC(=O)C2CC(=O)N(c3cccc(CC)c3)C2)s1. The van der Waals surface area contributed by atoms with Crippen LogP contribution in [-0.4, -0.2) is 34.3 Å². The molecule has 0 saturated carbocycles. The number of thioether (sulfide) groups is 1. The summed E-state index contributed by atoms with van der Waals surface area (Å²) < 4.78 is 0.778. The quantitative estimate of drug-likeness (QED) is 0.447. The van der Waals surface area contributed by atoms with E-state index in [1.807, 2.05) is 24.3 Å². The summed E-state index contributed by atoms with van der Waals surface area (Å²) >= 11 is 2.84. The van der Waals surface area contributed by atoms with E-state index < -0.39 is 0 Å². The van der Waals surface area contributed by atoms with Crippen LogP contribution in [0.4, 0.5) is 10.8 Å². The van der Waals surface area contributed by atoms with Crippen molar-refractivity contribution in [3.63, 3.8) is 0 Å². The number of nitrogens with zero attached hydrogens (tertiary/aromatic N) is 3. The van der Waals surface area contributed by atoms with E-state index in [0.717, 1.165) is 22.2 Å². The molecule has 1 aliphatic rings. The summed E-state index contributed by atoms with van der Waals surface area (Å²) in [7, 11) is 0. The number of hydrogen-bond acceptors (Lipinski definition) is 6. The van der Waals surface area contributed by atoms with Gasteiger partial charge >= 0.3 is 0 Å². The number of nitrogens with one attached hydrogen (secondary N) is 1. The predicted molar refractivity (Wildman–Crippen MR) is 106 cm³/mol. The molecule has 1 aliphatic heterocycles. The van der Waals surface area contributed by atoms with Gasteiger partial charge in [-0.2, -0.15) is 0 Å². The molecule has 3 rings (SSSR count). The molecule has 1 saturated heterocycles. The lowest BCUT2D eigenvalue weighted by Gasteiger charge is -2.17. The van der Waals surface area contributed by atoms with Crippen molar-refractivity contribution in [3.05, 3.63) is 42.5 Å². The van der Waals surface area contributed by atoms with Crippen LogP contribution < -0.4 is 10.2 Å². The lowest BCUT2D eigenvalue weighted by molar-refractivity contribution is -0.122. The third kappa shape index (κ3) is 4.31. The Kier molecular flexibility index (Phi) is 6.05. The van der Waals surface area contributed by atoms with E-state index >= 15 is 0 Å². The summed E-state index contributed by atoms with van der Waals surface area (Å²) in [5.74, 6) is 0.133. The molecule has 1 unspecified atom stereocenters. The summed E-state index contributed by atoms with van der Waals surface area (Å²) in [5.41, 5.74) is 2.02. The van der Waals surface area contributed by atoms with Crippen molar-refractivity contribution in [1.29, 1.82) is 0 Å². The average molecular weight is 389 g/mol. The molecule has 136 valence electrons. The molecule has 1 N–H and O–H groups in total. The number of benzene rings is 1. The number of aryl methyl sites for hydroxylation is 1. The Morgan fingerprint density at radius 1 is 1.50 bits per heavy atom. The molecule has 2 aromatic rings. The first kappa shape index (κ1) is 18.6. The Balaban J connectivity index is 1.63. The van der Waals surface area contributed by atoms with E-state index in [1.54, 1.807) is 11.0 Å². The van der Waals surface area contributed by atoms with Gasteiger partial charge in [-0.25, -0.2) is 0 Å². The van der Waals surface area contributed by atoms with E-state index in [9.17, 15) is 9.59 Å². The molecule has 0 spiro atoms. The highest BCUT2D eigenvalue weighted by Crippen LogP contribution is 2.29. The molecule has 1 aromatic heterocycles. The van der Waals surface area contributed by atoms with Gasteiger partial charge in [0.2, 0.25) is 16.9 Å². The van der Waals surface area contributed by atoms with Gasteiger partial charge in [-0.15, -0.1) is 16.8 Å². The minimum absolute atomic E-state index is 0.0297. The zero-order valence-electron chi connectivity index (χ0n) is 14.5. The van der Waals surface area contributed by atoms with E-state index in [4.69, 9.17) is 0 Å². The molecule has 0 bridgehead atoms. The molecular formula is C18H20N4O2S2. The highest BCUT2D eigenvalue weighted by molar-refractivity contribution is 8.01. The first-order valence-corrected chi connectivity index (χ1v) is 10.2. The van der Waals surface area contributed by atoms with E-state index in [0.29, 0.717) is 11.7 Å². The number of carbonyl (C=O) groups is 2. The van der Waals surface area contributed by atoms with Crippen LogP contribution >= 0.6 is 23.1 Å². The first-order valence-electron chi connectivity index (χ1n) is 8.38. The van der Waals surface area contributed by atoms with Crippen molar-refractivity contribution in [2.75, 3.05) is 22.5 Å². The number of carbonyl (C=O) groups excluding carboxylic acids is 2. The fraction of sp³-hybridized carbons (Fsp3) is 0.333. The van der Waals surface area contributed by atoms with Crippen molar-refractivity contribution >= 4 is 45.7 Å². The van der Waals surface area contributed by atoms with Crippen LogP contribution in [0.15, 0.2) is 41.3 Å². The Morgan fingerprint density at radius 2 is 2.35 bits per heavy atom. The van der Waals surface area contributed by atoms with E-state index in [1.165, 1.54) is 28.7 Å². The fourth-order valence-electron chi connectivity index (χ4n) is 2.73. The second kappa shape index (κ2) is 8.46. The van der Waals surface area contributed by atoms with Gasteiger partial charge < -0.3 is 10.2 Å². The number of aromatic nitrogens is 2. The topological polar surface area (TPSA) is 75.2 Å². The Labute approximate surface area is 160 Å². The van der Waals surface area contributed by atoms with E-state index in [2.05, 4.69) is 29.0 Å². The van der Waals surface area contributed by atoms with Crippen LogP contribution in [-0.2, 0) is 16.0 Å². The van der Waals surface area contributed by atoms with Crippen molar-refractivity contribution in [1.82, 2.24) is 10.2 Å². The monoisotopic (exact) mass is 388 g/mol. The summed E-state index contributed by atoms with van der Waals surface area (Å²) in [4.78, 5) is 26.6. The maximum absolute atomic E-state index is 12.5. The smallest absolute Gasteiger partial charge is 0.231 e. The molecule has 1 atom stereocenters. The predicted octanol–water partition coefficient (Wildman–Crippen LogP) is 3.37. The second-order valence-electron chi connectivity index (χ2n) is 5.89. The van der Waals surface area contributed by atoms with Gasteiger partial charge in [-0.05, 0) is 24.1 Å². The summed E-state index contributed by atoms with van der Waals surface area (Å²) in [5, 5.41) is 11.2. The average Bonchev–Trinajstić information content (AvgIpc) is 3.26. The van der Waals surface area contributed by atoms with Gasteiger partial charge in [0.25, 0.3) is 0 Å². The molecule has 1 aromatic carbocycles. The zero-order chi connectivity index (χ0) is 18.5. The molecule has 0 aliphatic carbocycles. The molecule has 2 heterocycles. The number of amides is 2. The van der Waals surface area contributed by atoms with Crippen LogP contribution in [0.25, 0.3) is 0 Å². The van der Waals surface area contributed by atoms with E-state index in [-0.39, 0.29) is 24.2 Å². The number of rotatable bonds is 7. The van der Waals surface area contributed by atoms with Crippen molar-refractivity contribution in [3.8, 4) is 0 Å². The minimum atomic E-state index is -0.388. The fourth-order valence-corrected chi connectivity index (χ4v) is 4.25. The number of anilines is 2. The lowest BCUT2D eigenvalue weighted by Crippen LogP contribution is -2.28. The molecule has 2 amide bonds. The highest BCUT2D eigenvalue weighted by Gasteiger charge is 2.35. The minimum Gasteiger partial charge on any atom is -0.312 e. The van der Waals surface area contributed by atoms with Crippen LogP contribution in [0, 0.1) is 5.92 Å². The Hall–Kier alpha value is -2.19. The molecule has 1 fully saturated rings. The van der Waals surface area contributed by atoms with Crippen LogP contribution in [0.5, 0.6) is 0 Å². The highest BCUT2D eigenvalue weighted by atomic mass is 32.2. The van der Waals surface area contributed by atoms with Gasteiger partial charge in [0.1, 0.15) is 0 Å². The van der Waals surface area contributed by atoms with Gasteiger partial charge in [-0.1, -0.05) is 48.2 Å². The zero-order valence-corrected chi connectivity index (χ0v) is 16.1. The van der Waals surface area contributed by atoms with Gasteiger partial charge in [0, 0.05) is 24.4 Å². The second-order valence-corrected chi connectivity index (χ2v) is 8.14. The first-order chi connectivity index (χ1) is 12.6. The Bertz CT molecular complexity index is 821. The summed E-state index contributed by atoms with van der Waals surface area (Å²) in [6.45, 7) is 6.12. The van der Waals surface area contributed by atoms with Gasteiger partial charge in [0.15, 0.2) is 4.34 Å². The normalized spacial score (nSPS) is 16.7. The maximum Gasteiger partial charge on any atom is 0.231 e. The third-order valence-electron chi connectivity index (χ3n) is 4.09. The van der Waals surface area contributed by atoms with Gasteiger partial charge in [-0.3, -0.25) is 9.59 Å². The molecule has 26 heavy (non-hydrogen) atoms. The maximum atomic E-state index is 12.5. The largest absolute Gasteiger partial charge is 0.312 e. The Morgan fingerprint density at radius 3 is 3.12 bits per heavy atom. The summed E-state index contributed by atoms with van der Waals surface area (Å²) in [6.07, 6.45) is 2.90. The van der Waals surface area contributed by atoms with Gasteiger partial charge in [0.05, 0.1) is 5.92 Å². The third-order valence-corrected chi connectivity index (χ3v) is 6.06. The number of hydrogen-bond donors (Lipinski definition) is 1.